The van der Waals surface area contributed by atoms with Crippen molar-refractivity contribution in [3.63, 3.8) is 0 Å². The molecule has 0 radical (unpaired) electrons. The van der Waals surface area contributed by atoms with E-state index < -0.39 is 5.82 Å². The molecule has 1 atom stereocenters. The third kappa shape index (κ3) is 6.49. The molecule has 1 aliphatic carbocycles. The van der Waals surface area contributed by atoms with Crippen LogP contribution < -0.4 is 15.5 Å². The lowest BCUT2D eigenvalue weighted by Crippen LogP contribution is -2.43. The highest BCUT2D eigenvalue weighted by molar-refractivity contribution is 5.93. The van der Waals surface area contributed by atoms with Gasteiger partial charge in [0.2, 0.25) is 5.91 Å². The fourth-order valence-corrected chi connectivity index (χ4v) is 4.36. The summed E-state index contributed by atoms with van der Waals surface area (Å²) in [4.78, 5) is 29.7. The number of anilines is 3. The molecular weight excluding hydrogens is 431 g/mol. The molecule has 34 heavy (non-hydrogen) atoms. The minimum Gasteiger partial charge on any atom is -0.377 e. The van der Waals surface area contributed by atoms with Gasteiger partial charge in [-0.1, -0.05) is 32.8 Å². The predicted molar refractivity (Wildman–Crippen MR) is 137 cm³/mol. The smallest absolute Gasteiger partial charge is 0.322 e. The molecule has 2 N–H and O–H groups in total. The second-order valence-electron chi connectivity index (χ2n) is 9.76. The maximum atomic E-state index is 13.6. The summed E-state index contributed by atoms with van der Waals surface area (Å²) in [5.41, 5.74) is 3.05. The van der Waals surface area contributed by atoms with Crippen LogP contribution in [0.4, 0.5) is 26.2 Å². The second kappa shape index (κ2) is 11.4. The summed E-state index contributed by atoms with van der Waals surface area (Å²) in [7, 11) is 3.91. The number of halogens is 1. The van der Waals surface area contributed by atoms with Crippen LogP contribution in [0.2, 0.25) is 0 Å². The Labute approximate surface area is 202 Å². The van der Waals surface area contributed by atoms with Crippen molar-refractivity contribution in [2.75, 3.05) is 29.6 Å². The Hall–Kier alpha value is -3.09. The van der Waals surface area contributed by atoms with Crippen LogP contribution in [-0.2, 0) is 11.3 Å². The van der Waals surface area contributed by atoms with E-state index in [1.165, 1.54) is 12.1 Å². The number of hydrogen-bond donors (Lipinski definition) is 2. The molecule has 1 fully saturated rings. The summed E-state index contributed by atoms with van der Waals surface area (Å²) < 4.78 is 13.6. The average molecular weight is 469 g/mol. The van der Waals surface area contributed by atoms with Gasteiger partial charge in [-0.3, -0.25) is 4.79 Å². The van der Waals surface area contributed by atoms with Gasteiger partial charge in [-0.15, -0.1) is 0 Å². The molecule has 2 aromatic carbocycles. The van der Waals surface area contributed by atoms with Crippen LogP contribution in [0.1, 0.15) is 52.0 Å². The Balaban J connectivity index is 1.86. The maximum absolute atomic E-state index is 13.6. The first-order chi connectivity index (χ1) is 16.2. The van der Waals surface area contributed by atoms with Gasteiger partial charge in [0.05, 0.1) is 0 Å². The van der Waals surface area contributed by atoms with Crippen molar-refractivity contribution in [3.8, 4) is 0 Å². The Morgan fingerprint density at radius 1 is 1.00 bits per heavy atom. The molecule has 3 rings (SSSR count). The van der Waals surface area contributed by atoms with Gasteiger partial charge in [0.15, 0.2) is 0 Å². The van der Waals surface area contributed by atoms with E-state index in [2.05, 4.69) is 24.5 Å². The van der Waals surface area contributed by atoms with Crippen molar-refractivity contribution in [3.05, 3.63) is 53.8 Å². The summed E-state index contributed by atoms with van der Waals surface area (Å²) in [6, 6.07) is 11.4. The SMILES string of the molecule is CC(C)C(C)N(Cc1cc(NC(=O)C2CCCC2)ccc1N(C)C)C(=O)Nc1cccc(F)c1. The van der Waals surface area contributed by atoms with Gasteiger partial charge < -0.3 is 20.4 Å². The van der Waals surface area contributed by atoms with Crippen molar-refractivity contribution in [2.24, 2.45) is 11.8 Å². The van der Waals surface area contributed by atoms with Crippen LogP contribution in [0.3, 0.4) is 0 Å². The maximum Gasteiger partial charge on any atom is 0.322 e. The van der Waals surface area contributed by atoms with Crippen LogP contribution in [0.15, 0.2) is 42.5 Å². The van der Waals surface area contributed by atoms with E-state index in [-0.39, 0.29) is 29.8 Å². The van der Waals surface area contributed by atoms with Gasteiger partial charge in [-0.05, 0) is 67.6 Å². The third-order valence-electron chi connectivity index (χ3n) is 6.69. The highest BCUT2D eigenvalue weighted by atomic mass is 19.1. The fraction of sp³-hybridized carbons (Fsp3) is 0.481. The van der Waals surface area contributed by atoms with Gasteiger partial charge in [0.1, 0.15) is 5.82 Å². The molecule has 0 aliphatic heterocycles. The lowest BCUT2D eigenvalue weighted by Gasteiger charge is -2.33. The molecule has 0 bridgehead atoms. The Morgan fingerprint density at radius 2 is 1.68 bits per heavy atom. The van der Waals surface area contributed by atoms with Crippen LogP contribution in [-0.4, -0.2) is 37.0 Å². The highest BCUT2D eigenvalue weighted by Crippen LogP contribution is 2.29. The molecule has 0 aromatic heterocycles. The predicted octanol–water partition coefficient (Wildman–Crippen LogP) is 6.10. The quantitative estimate of drug-likeness (QED) is 0.492. The summed E-state index contributed by atoms with van der Waals surface area (Å²) in [5.74, 6) is -0.0445. The van der Waals surface area contributed by atoms with Crippen molar-refractivity contribution in [1.82, 2.24) is 4.90 Å². The largest absolute Gasteiger partial charge is 0.377 e. The topological polar surface area (TPSA) is 64.7 Å². The van der Waals surface area contributed by atoms with Gasteiger partial charge in [0.25, 0.3) is 0 Å². The Kier molecular flexibility index (Phi) is 8.53. The molecule has 2 aromatic rings. The van der Waals surface area contributed by atoms with E-state index in [9.17, 15) is 14.0 Å². The highest BCUT2D eigenvalue weighted by Gasteiger charge is 2.26. The molecule has 0 heterocycles. The minimum atomic E-state index is -0.401. The summed E-state index contributed by atoms with van der Waals surface area (Å²) in [5, 5.41) is 5.91. The molecule has 1 saturated carbocycles. The molecular formula is C27H37FN4O2. The third-order valence-corrected chi connectivity index (χ3v) is 6.69. The molecule has 0 saturated heterocycles. The van der Waals surface area contributed by atoms with Gasteiger partial charge in [-0.25, -0.2) is 9.18 Å². The standard InChI is InChI=1S/C27H37FN4O2/c1-18(2)19(3)32(27(34)30-23-12-8-11-22(28)16-23)17-21-15-24(13-14-25(21)31(4)5)29-26(33)20-9-6-7-10-20/h8,11-16,18-20H,6-7,9-10,17H2,1-5H3,(H,29,33)(H,30,34). The van der Waals surface area contributed by atoms with Crippen molar-refractivity contribution < 1.29 is 14.0 Å². The normalized spacial score (nSPS) is 14.7. The molecule has 1 unspecified atom stereocenters. The van der Waals surface area contributed by atoms with Gasteiger partial charge in [0, 0.05) is 49.7 Å². The first-order valence-electron chi connectivity index (χ1n) is 12.1. The van der Waals surface area contributed by atoms with Crippen molar-refractivity contribution >= 4 is 29.0 Å². The van der Waals surface area contributed by atoms with Crippen LogP contribution in [0.5, 0.6) is 0 Å². The molecule has 0 spiro atoms. The first-order valence-corrected chi connectivity index (χ1v) is 12.1. The lowest BCUT2D eigenvalue weighted by molar-refractivity contribution is -0.119. The fourth-order valence-electron chi connectivity index (χ4n) is 4.36. The van der Waals surface area contributed by atoms with Crippen molar-refractivity contribution in [1.29, 1.82) is 0 Å². The summed E-state index contributed by atoms with van der Waals surface area (Å²) in [6.45, 7) is 6.49. The molecule has 3 amide bonds. The number of nitrogens with zero attached hydrogens (tertiary/aromatic N) is 2. The number of hydrogen-bond acceptors (Lipinski definition) is 3. The second-order valence-corrected chi connectivity index (χ2v) is 9.76. The molecule has 6 nitrogen and oxygen atoms in total. The summed E-state index contributed by atoms with van der Waals surface area (Å²) in [6.07, 6.45) is 4.08. The molecule has 184 valence electrons. The van der Waals surface area contributed by atoms with Crippen LogP contribution in [0.25, 0.3) is 0 Å². The van der Waals surface area contributed by atoms with Crippen LogP contribution in [0, 0.1) is 17.7 Å². The van der Waals surface area contributed by atoms with E-state index in [4.69, 9.17) is 0 Å². The van der Waals surface area contributed by atoms with E-state index in [0.717, 1.165) is 42.6 Å². The van der Waals surface area contributed by atoms with E-state index in [1.54, 1.807) is 17.0 Å². The monoisotopic (exact) mass is 468 g/mol. The number of rotatable bonds is 8. The van der Waals surface area contributed by atoms with Gasteiger partial charge >= 0.3 is 6.03 Å². The summed E-state index contributed by atoms with van der Waals surface area (Å²) >= 11 is 0. The zero-order chi connectivity index (χ0) is 24.8. The first kappa shape index (κ1) is 25.5. The molecule has 7 heteroatoms. The lowest BCUT2D eigenvalue weighted by atomic mass is 10.0. The van der Waals surface area contributed by atoms with E-state index in [0.29, 0.717) is 12.2 Å². The Bertz CT molecular complexity index is 1000. The van der Waals surface area contributed by atoms with E-state index in [1.807, 2.05) is 44.1 Å². The molecule has 1 aliphatic rings. The van der Waals surface area contributed by atoms with Crippen LogP contribution >= 0.6 is 0 Å². The van der Waals surface area contributed by atoms with Crippen molar-refractivity contribution in [2.45, 2.75) is 59.0 Å². The zero-order valence-electron chi connectivity index (χ0n) is 20.9. The van der Waals surface area contributed by atoms with Gasteiger partial charge in [-0.2, -0.15) is 0 Å². The number of urea groups is 1. The Morgan fingerprint density at radius 3 is 2.29 bits per heavy atom. The van der Waals surface area contributed by atoms with E-state index >= 15 is 0 Å². The number of carbonyl (C=O) groups is 2. The zero-order valence-corrected chi connectivity index (χ0v) is 20.9. The number of nitrogens with one attached hydrogen (secondary N) is 2. The average Bonchev–Trinajstić information content (AvgIpc) is 3.32. The number of benzene rings is 2. The number of carbonyl (C=O) groups excluding carboxylic acids is 2. The minimum absolute atomic E-state index is 0.0669. The number of amides is 3.